The van der Waals surface area contributed by atoms with Crippen molar-refractivity contribution in [3.63, 3.8) is 0 Å². The second-order valence-electron chi connectivity index (χ2n) is 4.24. The Kier molecular flexibility index (Phi) is 3.38. The van der Waals surface area contributed by atoms with E-state index in [0.29, 0.717) is 5.92 Å². The van der Waals surface area contributed by atoms with Crippen LogP contribution in [0, 0.1) is 0 Å². The summed E-state index contributed by atoms with van der Waals surface area (Å²) >= 11 is 1.32. The third-order valence-corrected chi connectivity index (χ3v) is 3.20. The van der Waals surface area contributed by atoms with E-state index < -0.39 is 0 Å². The summed E-state index contributed by atoms with van der Waals surface area (Å²) in [6, 6.07) is -0.151. The van der Waals surface area contributed by atoms with Gasteiger partial charge in [0.25, 0.3) is 0 Å². The minimum absolute atomic E-state index is 0.0625. The quantitative estimate of drug-likeness (QED) is 0.837. The molecule has 0 saturated carbocycles. The maximum absolute atomic E-state index is 11.5. The molecule has 0 spiro atoms. The Balaban J connectivity index is 1.99. The first-order valence-electron chi connectivity index (χ1n) is 5.54. The summed E-state index contributed by atoms with van der Waals surface area (Å²) in [7, 11) is 0. The molecule has 5 nitrogen and oxygen atoms in total. The molecule has 1 saturated heterocycles. The molecule has 1 atom stereocenters. The molecule has 0 radical (unpaired) electrons. The fraction of sp³-hybridized carbons (Fsp3) is 0.700. The fourth-order valence-electron chi connectivity index (χ4n) is 1.59. The van der Waals surface area contributed by atoms with Crippen LogP contribution in [-0.2, 0) is 4.79 Å². The summed E-state index contributed by atoms with van der Waals surface area (Å²) < 4.78 is 4.24. The molecule has 1 aliphatic rings. The third kappa shape index (κ3) is 2.49. The van der Waals surface area contributed by atoms with Gasteiger partial charge in [0.15, 0.2) is 0 Å². The van der Waals surface area contributed by atoms with Gasteiger partial charge in [0, 0.05) is 24.0 Å². The van der Waals surface area contributed by atoms with Crippen molar-refractivity contribution in [1.29, 1.82) is 0 Å². The van der Waals surface area contributed by atoms with Crippen LogP contribution in [0.2, 0.25) is 0 Å². The molecular weight excluding hydrogens is 224 g/mol. The highest BCUT2D eigenvalue weighted by Crippen LogP contribution is 2.19. The van der Waals surface area contributed by atoms with Gasteiger partial charge in [-0.2, -0.15) is 4.37 Å². The summed E-state index contributed by atoms with van der Waals surface area (Å²) in [6.07, 6.45) is 1.88. The summed E-state index contributed by atoms with van der Waals surface area (Å²) in [6.45, 7) is 4.89. The van der Waals surface area contributed by atoms with Crippen LogP contribution in [0.15, 0.2) is 0 Å². The second kappa shape index (κ2) is 4.78. The van der Waals surface area contributed by atoms with E-state index in [2.05, 4.69) is 33.8 Å². The zero-order valence-electron chi connectivity index (χ0n) is 9.49. The molecule has 88 valence electrons. The molecule has 1 amide bonds. The van der Waals surface area contributed by atoms with Gasteiger partial charge in [-0.3, -0.25) is 4.79 Å². The van der Waals surface area contributed by atoms with Gasteiger partial charge in [-0.25, -0.2) is 4.98 Å². The van der Waals surface area contributed by atoms with Crippen molar-refractivity contribution in [1.82, 2.24) is 14.7 Å². The summed E-state index contributed by atoms with van der Waals surface area (Å²) in [5.41, 5.74) is 0. The number of piperidine rings is 1. The summed E-state index contributed by atoms with van der Waals surface area (Å²) in [5.74, 6) is 1.23. The van der Waals surface area contributed by atoms with Crippen LogP contribution in [0.1, 0.15) is 38.4 Å². The largest absolute Gasteiger partial charge is 0.354 e. The number of hydrogen-bond donors (Lipinski definition) is 2. The Bertz CT molecular complexity index is 377. The van der Waals surface area contributed by atoms with E-state index in [9.17, 15) is 4.79 Å². The lowest BCUT2D eigenvalue weighted by molar-refractivity contribution is -0.123. The summed E-state index contributed by atoms with van der Waals surface area (Å²) in [5, 5.41) is 6.72. The van der Waals surface area contributed by atoms with E-state index in [1.54, 1.807) is 0 Å². The first kappa shape index (κ1) is 11.3. The molecule has 0 aliphatic carbocycles. The molecule has 1 aromatic rings. The maximum atomic E-state index is 11.5. The van der Waals surface area contributed by atoms with E-state index in [4.69, 9.17) is 0 Å². The van der Waals surface area contributed by atoms with Crippen molar-refractivity contribution < 1.29 is 4.79 Å². The van der Waals surface area contributed by atoms with Crippen LogP contribution in [0.3, 0.4) is 0 Å². The zero-order valence-corrected chi connectivity index (χ0v) is 10.3. The molecule has 0 aromatic carbocycles. The minimum Gasteiger partial charge on any atom is -0.354 e. The van der Waals surface area contributed by atoms with Gasteiger partial charge in [0.05, 0.1) is 0 Å². The Morgan fingerprint density at radius 2 is 2.38 bits per heavy atom. The molecule has 2 rings (SSSR count). The minimum atomic E-state index is -0.151. The van der Waals surface area contributed by atoms with Crippen molar-refractivity contribution in [2.24, 2.45) is 0 Å². The van der Waals surface area contributed by atoms with Gasteiger partial charge in [-0.1, -0.05) is 13.8 Å². The first-order valence-corrected chi connectivity index (χ1v) is 6.32. The number of amides is 1. The van der Waals surface area contributed by atoms with E-state index >= 15 is 0 Å². The van der Waals surface area contributed by atoms with Crippen LogP contribution >= 0.6 is 11.5 Å². The molecule has 1 aliphatic heterocycles. The molecule has 2 heterocycles. The van der Waals surface area contributed by atoms with E-state index in [-0.39, 0.29) is 11.9 Å². The lowest BCUT2D eigenvalue weighted by Gasteiger charge is -2.22. The van der Waals surface area contributed by atoms with Crippen molar-refractivity contribution in [3.05, 3.63) is 5.82 Å². The van der Waals surface area contributed by atoms with Crippen LogP contribution in [0.4, 0.5) is 5.13 Å². The Morgan fingerprint density at radius 3 is 3.00 bits per heavy atom. The number of nitrogens with zero attached hydrogens (tertiary/aromatic N) is 2. The smallest absolute Gasteiger partial charge is 0.242 e. The lowest BCUT2D eigenvalue weighted by atomic mass is 10.1. The highest BCUT2D eigenvalue weighted by molar-refractivity contribution is 7.09. The van der Waals surface area contributed by atoms with Crippen molar-refractivity contribution in [3.8, 4) is 0 Å². The normalized spacial score (nSPS) is 20.9. The van der Waals surface area contributed by atoms with Crippen molar-refractivity contribution in [2.75, 3.05) is 11.9 Å². The molecule has 6 heteroatoms. The van der Waals surface area contributed by atoms with Crippen LogP contribution in [-0.4, -0.2) is 27.9 Å². The number of carbonyl (C=O) groups excluding carboxylic acids is 1. The molecule has 1 unspecified atom stereocenters. The van der Waals surface area contributed by atoms with Crippen molar-refractivity contribution in [2.45, 2.75) is 38.6 Å². The van der Waals surface area contributed by atoms with Gasteiger partial charge < -0.3 is 10.6 Å². The molecule has 1 aromatic heterocycles. The SMILES string of the molecule is CC(C)c1nsc(NC2CCCNC2=O)n1. The average molecular weight is 240 g/mol. The van der Waals surface area contributed by atoms with Gasteiger partial charge in [-0.05, 0) is 12.8 Å². The molecule has 2 N–H and O–H groups in total. The van der Waals surface area contributed by atoms with E-state index in [1.807, 2.05) is 0 Å². The average Bonchev–Trinajstić information content (AvgIpc) is 2.70. The number of rotatable bonds is 3. The Morgan fingerprint density at radius 1 is 1.56 bits per heavy atom. The Labute approximate surface area is 98.8 Å². The lowest BCUT2D eigenvalue weighted by Crippen LogP contribution is -2.44. The van der Waals surface area contributed by atoms with Gasteiger partial charge >= 0.3 is 0 Å². The first-order chi connectivity index (χ1) is 7.66. The number of aromatic nitrogens is 2. The standard InChI is InChI=1S/C10H16N4OS/c1-6(2)8-13-10(16-14-8)12-7-4-3-5-11-9(7)15/h6-7H,3-5H2,1-2H3,(H,11,15)(H,12,13,14). The van der Waals surface area contributed by atoms with Crippen LogP contribution < -0.4 is 10.6 Å². The highest BCUT2D eigenvalue weighted by Gasteiger charge is 2.22. The zero-order chi connectivity index (χ0) is 11.5. The van der Waals surface area contributed by atoms with Crippen LogP contribution in [0.25, 0.3) is 0 Å². The Hall–Kier alpha value is -1.17. The van der Waals surface area contributed by atoms with Gasteiger partial charge in [0.2, 0.25) is 11.0 Å². The van der Waals surface area contributed by atoms with Crippen molar-refractivity contribution >= 4 is 22.6 Å². The molecule has 0 bridgehead atoms. The molecule has 16 heavy (non-hydrogen) atoms. The topological polar surface area (TPSA) is 66.9 Å². The number of nitrogens with one attached hydrogen (secondary N) is 2. The highest BCUT2D eigenvalue weighted by atomic mass is 32.1. The van der Waals surface area contributed by atoms with Gasteiger partial charge in [0.1, 0.15) is 11.9 Å². The predicted octanol–water partition coefficient (Wildman–Crippen LogP) is 1.35. The fourth-order valence-corrected chi connectivity index (χ4v) is 2.35. The summed E-state index contributed by atoms with van der Waals surface area (Å²) in [4.78, 5) is 15.9. The van der Waals surface area contributed by atoms with E-state index in [1.165, 1.54) is 11.5 Å². The predicted molar refractivity (Wildman–Crippen MR) is 63.7 cm³/mol. The van der Waals surface area contributed by atoms with Crippen LogP contribution in [0.5, 0.6) is 0 Å². The third-order valence-electron chi connectivity index (χ3n) is 2.54. The van der Waals surface area contributed by atoms with Gasteiger partial charge in [-0.15, -0.1) is 0 Å². The number of anilines is 1. The molecular formula is C10H16N4OS. The number of carbonyl (C=O) groups is 1. The second-order valence-corrected chi connectivity index (χ2v) is 4.99. The monoisotopic (exact) mass is 240 g/mol. The molecule has 1 fully saturated rings. The number of hydrogen-bond acceptors (Lipinski definition) is 5. The maximum Gasteiger partial charge on any atom is 0.242 e. The van der Waals surface area contributed by atoms with E-state index in [0.717, 1.165) is 30.3 Å².